The van der Waals surface area contributed by atoms with Crippen LogP contribution in [0.1, 0.15) is 33.5 Å². The molecule has 0 aliphatic heterocycles. The monoisotopic (exact) mass is 323 g/mol. The van der Waals surface area contributed by atoms with Crippen molar-refractivity contribution in [2.45, 2.75) is 26.7 Å². The van der Waals surface area contributed by atoms with E-state index >= 15 is 0 Å². The zero-order chi connectivity index (χ0) is 15.2. The van der Waals surface area contributed by atoms with Gasteiger partial charge in [0.15, 0.2) is 0 Å². The van der Waals surface area contributed by atoms with Crippen LogP contribution in [0.4, 0.5) is 5.00 Å². The van der Waals surface area contributed by atoms with Gasteiger partial charge in [0.25, 0.3) is 0 Å². The minimum absolute atomic E-state index is 0.0416. The highest BCUT2D eigenvalue weighted by Crippen LogP contribution is 2.27. The molecule has 4 nitrogen and oxygen atoms in total. The molecule has 0 aromatic carbocycles. The van der Waals surface area contributed by atoms with Crippen molar-refractivity contribution in [3.05, 3.63) is 38.9 Å². The molecule has 6 heteroatoms. The highest BCUT2D eigenvalue weighted by molar-refractivity contribution is 7.18. The molecular weight excluding hydrogens is 306 g/mol. The first-order valence-electron chi connectivity index (χ1n) is 6.70. The van der Waals surface area contributed by atoms with Crippen molar-refractivity contribution >= 4 is 39.6 Å². The van der Waals surface area contributed by atoms with E-state index in [0.717, 1.165) is 12.0 Å². The van der Waals surface area contributed by atoms with Crippen molar-refractivity contribution in [3.63, 3.8) is 0 Å². The summed E-state index contributed by atoms with van der Waals surface area (Å²) in [7, 11) is 0. The van der Waals surface area contributed by atoms with Gasteiger partial charge in [0, 0.05) is 11.3 Å². The van der Waals surface area contributed by atoms with E-state index in [9.17, 15) is 9.59 Å². The Kier molecular flexibility index (Phi) is 5.52. The lowest BCUT2D eigenvalue weighted by molar-refractivity contribution is -0.116. The van der Waals surface area contributed by atoms with Gasteiger partial charge in [-0.05, 0) is 43.3 Å². The first-order chi connectivity index (χ1) is 10.1. The van der Waals surface area contributed by atoms with Crippen LogP contribution in [0, 0.1) is 6.92 Å². The van der Waals surface area contributed by atoms with Gasteiger partial charge in [-0.15, -0.1) is 22.7 Å². The minimum Gasteiger partial charge on any atom is -0.462 e. The summed E-state index contributed by atoms with van der Waals surface area (Å²) >= 11 is 2.90. The molecule has 2 aromatic rings. The molecule has 0 saturated carbocycles. The van der Waals surface area contributed by atoms with Crippen molar-refractivity contribution in [1.29, 1.82) is 0 Å². The number of aryl methyl sites for hydroxylation is 2. The first kappa shape index (κ1) is 15.7. The van der Waals surface area contributed by atoms with Gasteiger partial charge >= 0.3 is 5.97 Å². The van der Waals surface area contributed by atoms with E-state index < -0.39 is 0 Å². The Morgan fingerprint density at radius 2 is 2.19 bits per heavy atom. The molecule has 0 unspecified atom stereocenters. The van der Waals surface area contributed by atoms with E-state index in [1.807, 2.05) is 24.4 Å². The SMILES string of the molecule is CCOC(=O)c1sc(NC(=O)CCc2cccs2)cc1C. The number of carbonyl (C=O) groups excluding carboxylic acids is 2. The quantitative estimate of drug-likeness (QED) is 0.821. The number of anilines is 1. The molecular formula is C15H17NO3S2. The Morgan fingerprint density at radius 1 is 1.38 bits per heavy atom. The van der Waals surface area contributed by atoms with Crippen LogP contribution < -0.4 is 5.32 Å². The molecule has 2 heterocycles. The Morgan fingerprint density at radius 3 is 2.86 bits per heavy atom. The van der Waals surface area contributed by atoms with Crippen LogP contribution in [-0.4, -0.2) is 18.5 Å². The van der Waals surface area contributed by atoms with E-state index in [2.05, 4.69) is 5.32 Å². The Hall–Kier alpha value is -1.66. The molecule has 112 valence electrons. The Bertz CT molecular complexity index is 617. The maximum absolute atomic E-state index is 11.9. The number of thiophene rings is 2. The molecule has 21 heavy (non-hydrogen) atoms. The number of rotatable bonds is 6. The van der Waals surface area contributed by atoms with Gasteiger partial charge in [0.2, 0.25) is 5.91 Å². The Balaban J connectivity index is 1.92. The lowest BCUT2D eigenvalue weighted by Crippen LogP contribution is -2.10. The van der Waals surface area contributed by atoms with E-state index in [1.165, 1.54) is 16.2 Å². The second kappa shape index (κ2) is 7.38. The lowest BCUT2D eigenvalue weighted by atomic mass is 10.2. The first-order valence-corrected chi connectivity index (χ1v) is 8.39. The van der Waals surface area contributed by atoms with Crippen LogP contribution in [0.5, 0.6) is 0 Å². The summed E-state index contributed by atoms with van der Waals surface area (Å²) in [6, 6.07) is 5.80. The van der Waals surface area contributed by atoms with Crippen molar-refractivity contribution in [1.82, 2.24) is 0 Å². The van der Waals surface area contributed by atoms with Gasteiger partial charge in [-0.2, -0.15) is 0 Å². The molecule has 0 saturated heterocycles. The number of carbonyl (C=O) groups is 2. The van der Waals surface area contributed by atoms with E-state index in [-0.39, 0.29) is 11.9 Å². The van der Waals surface area contributed by atoms with Crippen LogP contribution in [-0.2, 0) is 16.0 Å². The van der Waals surface area contributed by atoms with Gasteiger partial charge in [-0.1, -0.05) is 6.07 Å². The van der Waals surface area contributed by atoms with Gasteiger partial charge in [-0.25, -0.2) is 4.79 Å². The summed E-state index contributed by atoms with van der Waals surface area (Å²) in [6.07, 6.45) is 1.17. The summed E-state index contributed by atoms with van der Waals surface area (Å²) in [6.45, 7) is 3.96. The summed E-state index contributed by atoms with van der Waals surface area (Å²) < 4.78 is 4.98. The van der Waals surface area contributed by atoms with Crippen LogP contribution in [0.3, 0.4) is 0 Å². The highest BCUT2D eigenvalue weighted by Gasteiger charge is 2.15. The predicted octanol–water partition coefficient (Wildman–Crippen LogP) is 3.87. The molecule has 0 bridgehead atoms. The van der Waals surface area contributed by atoms with Gasteiger partial charge in [-0.3, -0.25) is 4.79 Å². The van der Waals surface area contributed by atoms with Gasteiger partial charge in [0.1, 0.15) is 4.88 Å². The number of amides is 1. The smallest absolute Gasteiger partial charge is 0.348 e. The zero-order valence-electron chi connectivity index (χ0n) is 12.0. The fourth-order valence-electron chi connectivity index (χ4n) is 1.83. The van der Waals surface area contributed by atoms with Crippen molar-refractivity contribution in [2.75, 3.05) is 11.9 Å². The third kappa shape index (κ3) is 4.41. The van der Waals surface area contributed by atoms with Gasteiger partial charge in [0.05, 0.1) is 11.6 Å². The summed E-state index contributed by atoms with van der Waals surface area (Å²) in [5.41, 5.74) is 0.826. The van der Waals surface area contributed by atoms with E-state index in [4.69, 9.17) is 4.74 Å². The lowest BCUT2D eigenvalue weighted by Gasteiger charge is -2.01. The molecule has 0 spiro atoms. The van der Waals surface area contributed by atoms with E-state index in [0.29, 0.717) is 22.9 Å². The molecule has 0 fully saturated rings. The largest absolute Gasteiger partial charge is 0.462 e. The summed E-state index contributed by atoms with van der Waals surface area (Å²) in [5.74, 6) is -0.376. The normalized spacial score (nSPS) is 10.4. The third-order valence-corrected chi connectivity index (χ3v) is 4.89. The molecule has 0 aliphatic carbocycles. The molecule has 0 radical (unpaired) electrons. The fourth-order valence-corrected chi connectivity index (χ4v) is 3.53. The van der Waals surface area contributed by atoms with Crippen LogP contribution in [0.2, 0.25) is 0 Å². The van der Waals surface area contributed by atoms with Crippen molar-refractivity contribution in [2.24, 2.45) is 0 Å². The average molecular weight is 323 g/mol. The van der Waals surface area contributed by atoms with Gasteiger partial charge < -0.3 is 10.1 Å². The van der Waals surface area contributed by atoms with Crippen LogP contribution in [0.25, 0.3) is 0 Å². The minimum atomic E-state index is -0.334. The molecule has 1 amide bonds. The molecule has 0 aliphatic rings. The second-order valence-corrected chi connectivity index (χ2v) is 6.56. The maximum Gasteiger partial charge on any atom is 0.348 e. The van der Waals surface area contributed by atoms with E-state index in [1.54, 1.807) is 24.3 Å². The summed E-state index contributed by atoms with van der Waals surface area (Å²) in [5, 5.41) is 5.53. The molecule has 2 aromatic heterocycles. The average Bonchev–Trinajstić information content (AvgIpc) is 3.06. The molecule has 1 N–H and O–H groups in total. The number of ether oxygens (including phenoxy) is 1. The second-order valence-electron chi connectivity index (χ2n) is 4.47. The number of nitrogens with one attached hydrogen (secondary N) is 1. The maximum atomic E-state index is 11.9. The molecule has 0 atom stereocenters. The highest BCUT2D eigenvalue weighted by atomic mass is 32.1. The Labute approximate surface area is 131 Å². The standard InChI is InChI=1S/C15H17NO3S2/c1-3-19-15(18)14-10(2)9-13(21-14)16-12(17)7-6-11-5-4-8-20-11/h4-5,8-9H,3,6-7H2,1-2H3,(H,16,17). The van der Waals surface area contributed by atoms with Crippen molar-refractivity contribution in [3.8, 4) is 0 Å². The number of hydrogen-bond acceptors (Lipinski definition) is 5. The number of esters is 1. The topological polar surface area (TPSA) is 55.4 Å². The fraction of sp³-hybridized carbons (Fsp3) is 0.333. The van der Waals surface area contributed by atoms with Crippen LogP contribution in [0.15, 0.2) is 23.6 Å². The number of hydrogen-bond donors (Lipinski definition) is 1. The van der Waals surface area contributed by atoms with Crippen molar-refractivity contribution < 1.29 is 14.3 Å². The molecule has 2 rings (SSSR count). The zero-order valence-corrected chi connectivity index (χ0v) is 13.6. The van der Waals surface area contributed by atoms with Crippen LogP contribution >= 0.6 is 22.7 Å². The summed E-state index contributed by atoms with van der Waals surface area (Å²) in [4.78, 5) is 25.4. The predicted molar refractivity (Wildman–Crippen MR) is 86.3 cm³/mol. The third-order valence-electron chi connectivity index (χ3n) is 2.82.